The van der Waals surface area contributed by atoms with Gasteiger partial charge in [-0.1, -0.05) is 18.2 Å². The average Bonchev–Trinajstić information content (AvgIpc) is 3.07. The molecule has 1 fully saturated rings. The lowest BCUT2D eigenvalue weighted by molar-refractivity contribution is -0.141. The lowest BCUT2D eigenvalue weighted by atomic mass is 9.85. The summed E-state index contributed by atoms with van der Waals surface area (Å²) in [6.45, 7) is 3.55. The first kappa shape index (κ1) is 20.1. The number of cyclic esters (lactones) is 1. The van der Waals surface area contributed by atoms with Crippen LogP contribution in [0.2, 0.25) is 0 Å². The lowest BCUT2D eigenvalue weighted by Crippen LogP contribution is -2.21. The van der Waals surface area contributed by atoms with E-state index in [0.717, 1.165) is 24.1 Å². The molecule has 2 unspecified atom stereocenters. The average molecular weight is 383 g/mol. The Morgan fingerprint density at radius 2 is 1.68 bits per heavy atom. The first-order valence-corrected chi connectivity index (χ1v) is 9.73. The molecule has 0 N–H and O–H groups in total. The second kappa shape index (κ2) is 9.00. The highest BCUT2D eigenvalue weighted by Crippen LogP contribution is 2.33. The standard InChI is InChI=1S/C23H29NO4/c1-5-24(2)19-9-6-16(7-10-19)13-20-18(15-28-23(20)25)12-17-8-11-21(26-3)22(14-17)27-4/h6-11,14,18,20H,5,12-13,15H2,1-4H3. The fraction of sp³-hybridized carbons (Fsp3) is 0.435. The zero-order valence-corrected chi connectivity index (χ0v) is 17.1. The van der Waals surface area contributed by atoms with E-state index in [0.29, 0.717) is 24.5 Å². The molecular weight excluding hydrogens is 354 g/mol. The van der Waals surface area contributed by atoms with Crippen LogP contribution in [0.4, 0.5) is 5.69 Å². The molecule has 2 aromatic rings. The van der Waals surface area contributed by atoms with Crippen molar-refractivity contribution in [3.05, 3.63) is 53.6 Å². The topological polar surface area (TPSA) is 48.0 Å². The molecule has 1 aliphatic rings. The van der Waals surface area contributed by atoms with Crippen LogP contribution in [-0.2, 0) is 22.4 Å². The van der Waals surface area contributed by atoms with E-state index < -0.39 is 0 Å². The quantitative estimate of drug-likeness (QED) is 0.650. The monoisotopic (exact) mass is 383 g/mol. The first-order valence-electron chi connectivity index (χ1n) is 9.73. The molecule has 5 nitrogen and oxygen atoms in total. The van der Waals surface area contributed by atoms with Gasteiger partial charge in [0.05, 0.1) is 26.7 Å². The van der Waals surface area contributed by atoms with Crippen molar-refractivity contribution in [2.24, 2.45) is 11.8 Å². The van der Waals surface area contributed by atoms with Crippen LogP contribution in [0.1, 0.15) is 18.1 Å². The number of hydrogen-bond acceptors (Lipinski definition) is 5. The molecule has 1 aliphatic heterocycles. The molecule has 0 bridgehead atoms. The van der Waals surface area contributed by atoms with Gasteiger partial charge in [-0.15, -0.1) is 0 Å². The van der Waals surface area contributed by atoms with Gasteiger partial charge in [0.25, 0.3) is 0 Å². The summed E-state index contributed by atoms with van der Waals surface area (Å²) in [6.07, 6.45) is 1.47. The number of esters is 1. The molecule has 0 amide bonds. The minimum atomic E-state index is -0.122. The maximum absolute atomic E-state index is 12.3. The summed E-state index contributed by atoms with van der Waals surface area (Å²) in [7, 11) is 5.33. The molecule has 0 radical (unpaired) electrons. The number of carbonyl (C=O) groups is 1. The van der Waals surface area contributed by atoms with Crippen molar-refractivity contribution < 1.29 is 19.0 Å². The second-order valence-corrected chi connectivity index (χ2v) is 7.27. The Balaban J connectivity index is 1.71. The summed E-state index contributed by atoms with van der Waals surface area (Å²) < 4.78 is 16.1. The van der Waals surface area contributed by atoms with Gasteiger partial charge in [0.15, 0.2) is 11.5 Å². The van der Waals surface area contributed by atoms with Crippen molar-refractivity contribution in [3.8, 4) is 11.5 Å². The smallest absolute Gasteiger partial charge is 0.309 e. The summed E-state index contributed by atoms with van der Waals surface area (Å²) >= 11 is 0. The van der Waals surface area contributed by atoms with Gasteiger partial charge in [-0.05, 0) is 55.2 Å². The maximum Gasteiger partial charge on any atom is 0.309 e. The molecule has 150 valence electrons. The Morgan fingerprint density at radius 3 is 2.32 bits per heavy atom. The SMILES string of the molecule is CCN(C)c1ccc(CC2C(=O)OCC2Cc2ccc(OC)c(OC)c2)cc1. The van der Waals surface area contributed by atoms with Crippen LogP contribution in [0.3, 0.4) is 0 Å². The van der Waals surface area contributed by atoms with E-state index in [1.54, 1.807) is 14.2 Å². The first-order chi connectivity index (χ1) is 13.5. The maximum atomic E-state index is 12.3. The molecule has 3 rings (SSSR count). The van der Waals surface area contributed by atoms with Gasteiger partial charge in [0.2, 0.25) is 0 Å². The van der Waals surface area contributed by atoms with Crippen molar-refractivity contribution in [3.63, 3.8) is 0 Å². The van der Waals surface area contributed by atoms with Crippen LogP contribution in [-0.4, -0.2) is 40.4 Å². The van der Waals surface area contributed by atoms with Gasteiger partial charge < -0.3 is 19.1 Å². The fourth-order valence-electron chi connectivity index (χ4n) is 3.69. The van der Waals surface area contributed by atoms with E-state index >= 15 is 0 Å². The van der Waals surface area contributed by atoms with Crippen LogP contribution in [0, 0.1) is 11.8 Å². The number of benzene rings is 2. The van der Waals surface area contributed by atoms with Crippen LogP contribution < -0.4 is 14.4 Å². The summed E-state index contributed by atoms with van der Waals surface area (Å²) in [5.41, 5.74) is 3.46. The molecule has 0 aromatic heterocycles. The van der Waals surface area contributed by atoms with Gasteiger partial charge in [-0.3, -0.25) is 4.79 Å². The number of methoxy groups -OCH3 is 2. The summed E-state index contributed by atoms with van der Waals surface area (Å²) in [5.74, 6) is 1.35. The van der Waals surface area contributed by atoms with Gasteiger partial charge in [-0.25, -0.2) is 0 Å². The Labute approximate surface area is 167 Å². The normalized spacial score (nSPS) is 18.6. The summed E-state index contributed by atoms with van der Waals surface area (Å²) in [4.78, 5) is 14.5. The Hall–Kier alpha value is -2.69. The molecule has 2 atom stereocenters. The van der Waals surface area contributed by atoms with Crippen molar-refractivity contribution >= 4 is 11.7 Å². The van der Waals surface area contributed by atoms with E-state index in [9.17, 15) is 4.79 Å². The highest BCUT2D eigenvalue weighted by Gasteiger charge is 2.36. The molecule has 1 heterocycles. The minimum Gasteiger partial charge on any atom is -0.493 e. The Kier molecular flexibility index (Phi) is 6.45. The van der Waals surface area contributed by atoms with Gasteiger partial charge >= 0.3 is 5.97 Å². The molecule has 0 spiro atoms. The van der Waals surface area contributed by atoms with Crippen molar-refractivity contribution in [1.82, 2.24) is 0 Å². The largest absolute Gasteiger partial charge is 0.493 e. The van der Waals surface area contributed by atoms with Crippen molar-refractivity contribution in [2.75, 3.05) is 39.3 Å². The van der Waals surface area contributed by atoms with Gasteiger partial charge in [-0.2, -0.15) is 0 Å². The lowest BCUT2D eigenvalue weighted by Gasteiger charge is -2.19. The summed E-state index contributed by atoms with van der Waals surface area (Å²) in [6, 6.07) is 14.4. The zero-order chi connectivity index (χ0) is 20.1. The predicted octanol–water partition coefficient (Wildman–Crippen LogP) is 3.73. The Morgan fingerprint density at radius 1 is 1.00 bits per heavy atom. The van der Waals surface area contributed by atoms with E-state index in [4.69, 9.17) is 14.2 Å². The van der Waals surface area contributed by atoms with Gasteiger partial charge in [0.1, 0.15) is 0 Å². The molecule has 2 aromatic carbocycles. The second-order valence-electron chi connectivity index (χ2n) is 7.27. The molecule has 0 saturated carbocycles. The molecule has 1 saturated heterocycles. The third-order valence-corrected chi connectivity index (χ3v) is 5.56. The highest BCUT2D eigenvalue weighted by molar-refractivity contribution is 5.75. The predicted molar refractivity (Wildman–Crippen MR) is 110 cm³/mol. The van der Waals surface area contributed by atoms with E-state index in [-0.39, 0.29) is 17.8 Å². The van der Waals surface area contributed by atoms with E-state index in [2.05, 4.69) is 43.1 Å². The van der Waals surface area contributed by atoms with E-state index in [1.807, 2.05) is 18.2 Å². The molecule has 28 heavy (non-hydrogen) atoms. The number of hydrogen-bond donors (Lipinski definition) is 0. The van der Waals surface area contributed by atoms with E-state index in [1.165, 1.54) is 5.69 Å². The summed E-state index contributed by atoms with van der Waals surface area (Å²) in [5, 5.41) is 0. The zero-order valence-electron chi connectivity index (χ0n) is 17.1. The van der Waals surface area contributed by atoms with Crippen LogP contribution in [0.5, 0.6) is 11.5 Å². The van der Waals surface area contributed by atoms with Crippen LogP contribution in [0.15, 0.2) is 42.5 Å². The van der Waals surface area contributed by atoms with Crippen molar-refractivity contribution in [1.29, 1.82) is 0 Å². The molecular formula is C23H29NO4. The Bertz CT molecular complexity index is 803. The van der Waals surface area contributed by atoms with Crippen molar-refractivity contribution in [2.45, 2.75) is 19.8 Å². The number of anilines is 1. The number of rotatable bonds is 8. The third kappa shape index (κ3) is 4.41. The minimum absolute atomic E-state index is 0.0970. The molecule has 0 aliphatic carbocycles. The van der Waals surface area contributed by atoms with Crippen LogP contribution >= 0.6 is 0 Å². The fourth-order valence-corrected chi connectivity index (χ4v) is 3.69. The molecule has 5 heteroatoms. The number of ether oxygens (including phenoxy) is 3. The number of carbonyl (C=O) groups excluding carboxylic acids is 1. The van der Waals surface area contributed by atoms with Gasteiger partial charge in [0, 0.05) is 25.2 Å². The van der Waals surface area contributed by atoms with Crippen LogP contribution in [0.25, 0.3) is 0 Å². The number of nitrogens with zero attached hydrogens (tertiary/aromatic N) is 1. The highest BCUT2D eigenvalue weighted by atomic mass is 16.5. The third-order valence-electron chi connectivity index (χ3n) is 5.56.